The number of ether oxygens (including phenoxy) is 1. The molecule has 0 spiro atoms. The number of nitrogens with one attached hydrogen (secondary N) is 1. The first kappa shape index (κ1) is 25.4. The fraction of sp³-hybridized carbons (Fsp3) is 0.462. The van der Waals surface area contributed by atoms with Crippen molar-refractivity contribution in [3.05, 3.63) is 58.1 Å². The Kier molecular flexibility index (Phi) is 8.04. The van der Waals surface area contributed by atoms with Crippen LogP contribution in [0.1, 0.15) is 30.1 Å². The first-order valence-corrected chi connectivity index (χ1v) is 12.3. The van der Waals surface area contributed by atoms with Crippen molar-refractivity contribution in [2.75, 3.05) is 68.1 Å². The molecular weight excluding hydrogens is 462 g/mol. The number of nitro benzene ring substituents is 1. The van der Waals surface area contributed by atoms with E-state index >= 15 is 0 Å². The van der Waals surface area contributed by atoms with Crippen LogP contribution in [0.15, 0.2) is 42.5 Å². The molecule has 0 bridgehead atoms. The maximum absolute atomic E-state index is 13.3. The molecule has 2 aromatic carbocycles. The quantitative estimate of drug-likeness (QED) is 0.463. The first-order valence-electron chi connectivity index (χ1n) is 12.3. The predicted octanol–water partition coefficient (Wildman–Crippen LogP) is 3.38. The zero-order valence-corrected chi connectivity index (χ0v) is 20.8. The number of hydrogen-bond donors (Lipinski definition) is 1. The summed E-state index contributed by atoms with van der Waals surface area (Å²) in [7, 11) is 1.53. The van der Waals surface area contributed by atoms with E-state index in [-0.39, 0.29) is 23.7 Å². The lowest BCUT2D eigenvalue weighted by Crippen LogP contribution is -2.38. The van der Waals surface area contributed by atoms with Crippen molar-refractivity contribution in [2.45, 2.75) is 19.8 Å². The topological polar surface area (TPSA) is 108 Å². The summed E-state index contributed by atoms with van der Waals surface area (Å²) in [6.07, 6.45) is 1.99. The molecule has 192 valence electrons. The van der Waals surface area contributed by atoms with Crippen LogP contribution in [0, 0.1) is 16.0 Å². The van der Waals surface area contributed by atoms with Crippen molar-refractivity contribution < 1.29 is 19.2 Å². The number of morpholine rings is 1. The molecule has 2 saturated heterocycles. The molecular formula is C26H33N5O5. The van der Waals surface area contributed by atoms with Gasteiger partial charge in [0.25, 0.3) is 11.6 Å². The number of anilines is 3. The number of nitro groups is 1. The molecule has 2 aliphatic heterocycles. The van der Waals surface area contributed by atoms with E-state index in [9.17, 15) is 19.7 Å². The summed E-state index contributed by atoms with van der Waals surface area (Å²) in [5.41, 5.74) is 2.46. The van der Waals surface area contributed by atoms with Gasteiger partial charge >= 0.3 is 0 Å². The molecule has 10 heteroatoms. The molecule has 36 heavy (non-hydrogen) atoms. The Labute approximate surface area is 211 Å². The number of benzene rings is 2. The fourth-order valence-electron chi connectivity index (χ4n) is 4.60. The number of hydrogen-bond acceptors (Lipinski definition) is 7. The summed E-state index contributed by atoms with van der Waals surface area (Å²) < 4.78 is 5.38. The van der Waals surface area contributed by atoms with E-state index in [4.69, 9.17) is 4.74 Å². The largest absolute Gasteiger partial charge is 0.378 e. The summed E-state index contributed by atoms with van der Waals surface area (Å²) >= 11 is 0. The third-order valence-corrected chi connectivity index (χ3v) is 6.80. The van der Waals surface area contributed by atoms with Gasteiger partial charge in [0.1, 0.15) is 0 Å². The lowest BCUT2D eigenvalue weighted by Gasteiger charge is -2.33. The molecule has 0 saturated carbocycles. The zero-order chi connectivity index (χ0) is 25.7. The highest BCUT2D eigenvalue weighted by Crippen LogP contribution is 2.30. The molecule has 0 aromatic heterocycles. The maximum Gasteiger partial charge on any atom is 0.270 e. The lowest BCUT2D eigenvalue weighted by molar-refractivity contribution is -0.384. The highest BCUT2D eigenvalue weighted by Gasteiger charge is 2.26. The summed E-state index contributed by atoms with van der Waals surface area (Å²) in [6.45, 7) is 6.63. The van der Waals surface area contributed by atoms with Crippen LogP contribution >= 0.6 is 0 Å². The van der Waals surface area contributed by atoms with Gasteiger partial charge in [0.2, 0.25) is 5.91 Å². The number of carbonyl (C=O) groups is 2. The van der Waals surface area contributed by atoms with E-state index in [2.05, 4.69) is 22.0 Å². The minimum Gasteiger partial charge on any atom is -0.378 e. The van der Waals surface area contributed by atoms with Crippen LogP contribution in [0.3, 0.4) is 0 Å². The van der Waals surface area contributed by atoms with Gasteiger partial charge < -0.3 is 24.8 Å². The highest BCUT2D eigenvalue weighted by atomic mass is 16.6. The van der Waals surface area contributed by atoms with Gasteiger partial charge in [0.05, 0.1) is 35.9 Å². The molecule has 4 rings (SSSR count). The summed E-state index contributed by atoms with van der Waals surface area (Å²) in [4.78, 5) is 42.5. The third kappa shape index (κ3) is 6.12. The van der Waals surface area contributed by atoms with Crippen molar-refractivity contribution in [2.24, 2.45) is 5.92 Å². The Morgan fingerprint density at radius 2 is 1.72 bits per heavy atom. The average molecular weight is 496 g/mol. The zero-order valence-electron chi connectivity index (χ0n) is 20.8. The molecule has 2 amide bonds. The molecule has 0 unspecified atom stereocenters. The number of likely N-dealkylation sites (N-methyl/N-ethyl adjacent to an activating group) is 1. The number of nitrogens with zero attached hydrogens (tertiary/aromatic N) is 4. The normalized spacial score (nSPS) is 16.5. The molecule has 0 radical (unpaired) electrons. The van der Waals surface area contributed by atoms with Crippen LogP contribution in [0.5, 0.6) is 0 Å². The maximum atomic E-state index is 13.3. The van der Waals surface area contributed by atoms with Gasteiger partial charge in [-0.3, -0.25) is 19.7 Å². The highest BCUT2D eigenvalue weighted by molar-refractivity contribution is 6.03. The number of non-ortho nitro benzene ring substituents is 1. The average Bonchev–Trinajstić information content (AvgIpc) is 2.89. The van der Waals surface area contributed by atoms with E-state index in [0.717, 1.165) is 44.7 Å². The second-order valence-corrected chi connectivity index (χ2v) is 9.48. The Bertz CT molecular complexity index is 1090. The Morgan fingerprint density at radius 3 is 2.36 bits per heavy atom. The molecule has 0 aliphatic carbocycles. The van der Waals surface area contributed by atoms with Gasteiger partial charge in [-0.15, -0.1) is 0 Å². The van der Waals surface area contributed by atoms with Gasteiger partial charge in [-0.25, -0.2) is 0 Å². The standard InChI is InChI=1S/C26H33N5O5/c1-19-9-11-30(12-10-19)24-8-7-22(31(34)35)17-23(24)26(33)28(2)18-25(32)27-20-3-5-21(6-4-20)29-13-15-36-16-14-29/h3-8,17,19H,9-16,18H2,1-2H3,(H,27,32). The Hall–Kier alpha value is -3.66. The smallest absolute Gasteiger partial charge is 0.270 e. The van der Waals surface area contributed by atoms with Crippen LogP contribution in [-0.2, 0) is 9.53 Å². The lowest BCUT2D eigenvalue weighted by atomic mass is 9.97. The summed E-state index contributed by atoms with van der Waals surface area (Å²) in [6, 6.07) is 12.0. The second-order valence-electron chi connectivity index (χ2n) is 9.48. The van der Waals surface area contributed by atoms with Crippen molar-refractivity contribution >= 4 is 34.6 Å². The fourth-order valence-corrected chi connectivity index (χ4v) is 4.60. The van der Waals surface area contributed by atoms with Gasteiger partial charge in [0, 0.05) is 56.7 Å². The number of piperidine rings is 1. The van der Waals surface area contributed by atoms with Gasteiger partial charge in [-0.2, -0.15) is 0 Å². The van der Waals surface area contributed by atoms with Crippen LogP contribution < -0.4 is 15.1 Å². The Morgan fingerprint density at radius 1 is 1.06 bits per heavy atom. The van der Waals surface area contributed by atoms with Crippen molar-refractivity contribution in [1.82, 2.24) is 4.90 Å². The van der Waals surface area contributed by atoms with Gasteiger partial charge in [-0.1, -0.05) is 6.92 Å². The molecule has 2 aliphatic rings. The van der Waals surface area contributed by atoms with Crippen molar-refractivity contribution in [3.63, 3.8) is 0 Å². The van der Waals surface area contributed by atoms with Crippen LogP contribution in [0.2, 0.25) is 0 Å². The minimum absolute atomic E-state index is 0.148. The molecule has 2 aromatic rings. The molecule has 1 N–H and O–H groups in total. The SMILES string of the molecule is CC1CCN(c2ccc([N+](=O)[O-])cc2C(=O)N(C)CC(=O)Nc2ccc(N3CCOCC3)cc2)CC1. The minimum atomic E-state index is -0.508. The van der Waals surface area contributed by atoms with E-state index in [0.29, 0.717) is 30.5 Å². The van der Waals surface area contributed by atoms with E-state index in [1.807, 2.05) is 24.3 Å². The van der Waals surface area contributed by atoms with Gasteiger partial charge in [0.15, 0.2) is 0 Å². The Balaban J connectivity index is 1.42. The van der Waals surface area contributed by atoms with Crippen LogP contribution in [0.4, 0.5) is 22.7 Å². The van der Waals surface area contributed by atoms with E-state index < -0.39 is 10.8 Å². The van der Waals surface area contributed by atoms with Crippen molar-refractivity contribution in [1.29, 1.82) is 0 Å². The molecule has 0 atom stereocenters. The van der Waals surface area contributed by atoms with Crippen LogP contribution in [0.25, 0.3) is 0 Å². The molecule has 10 nitrogen and oxygen atoms in total. The third-order valence-electron chi connectivity index (χ3n) is 6.80. The summed E-state index contributed by atoms with van der Waals surface area (Å²) in [5.74, 6) is -0.165. The number of rotatable bonds is 7. The molecule has 2 fully saturated rings. The monoisotopic (exact) mass is 495 g/mol. The van der Waals surface area contributed by atoms with E-state index in [1.54, 1.807) is 6.07 Å². The second kappa shape index (κ2) is 11.4. The summed E-state index contributed by atoms with van der Waals surface area (Å²) in [5, 5.41) is 14.2. The number of carbonyl (C=O) groups excluding carboxylic acids is 2. The first-order chi connectivity index (χ1) is 17.3. The predicted molar refractivity (Wildman–Crippen MR) is 139 cm³/mol. The molecule has 2 heterocycles. The van der Waals surface area contributed by atoms with Gasteiger partial charge in [-0.05, 0) is 49.1 Å². The van der Waals surface area contributed by atoms with Crippen molar-refractivity contribution in [3.8, 4) is 0 Å². The van der Waals surface area contributed by atoms with Crippen LogP contribution in [-0.4, -0.2) is 74.6 Å². The van der Waals surface area contributed by atoms with E-state index in [1.165, 1.54) is 24.1 Å². The number of amides is 2.